The Morgan fingerprint density at radius 1 is 1.41 bits per heavy atom. The molecule has 1 aromatic rings. The van der Waals surface area contributed by atoms with Crippen molar-refractivity contribution in [2.24, 2.45) is 0 Å². The number of benzene rings is 1. The quantitative estimate of drug-likeness (QED) is 0.249. The van der Waals surface area contributed by atoms with Gasteiger partial charge in [0.05, 0.1) is 4.92 Å². The molecule has 0 bridgehead atoms. The number of alkyl halides is 1. The number of nitrogens with zero attached hydrogens (tertiary/aromatic N) is 1. The summed E-state index contributed by atoms with van der Waals surface area (Å²) in [6.45, 7) is 5.13. The van der Waals surface area contributed by atoms with Crippen molar-refractivity contribution >= 4 is 27.6 Å². The van der Waals surface area contributed by atoms with Crippen molar-refractivity contribution in [1.29, 1.82) is 0 Å². The van der Waals surface area contributed by atoms with Crippen LogP contribution in [-0.2, 0) is 14.3 Å². The van der Waals surface area contributed by atoms with Crippen LogP contribution in [0.3, 0.4) is 0 Å². The molecule has 8 heteroatoms. The van der Waals surface area contributed by atoms with Gasteiger partial charge in [-0.05, 0) is 32.4 Å². The number of methoxy groups -OCH3 is 1. The molecular weight excluding hydrogens is 358 g/mol. The van der Waals surface area contributed by atoms with Crippen LogP contribution < -0.4 is 4.74 Å². The predicted octanol–water partition coefficient (Wildman–Crippen LogP) is 3.36. The van der Waals surface area contributed by atoms with E-state index in [0.717, 1.165) is 0 Å². The van der Waals surface area contributed by atoms with Crippen LogP contribution in [0.4, 0.5) is 5.69 Å². The first-order chi connectivity index (χ1) is 10.2. The van der Waals surface area contributed by atoms with Crippen LogP contribution in [-0.4, -0.2) is 30.4 Å². The van der Waals surface area contributed by atoms with Gasteiger partial charge in [0.2, 0.25) is 0 Å². The molecule has 1 unspecified atom stereocenters. The zero-order valence-corrected chi connectivity index (χ0v) is 14.4. The standard InChI is InChI=1S/C14H18BrNO6/c1-14(2,3)22-13(17)12(15)9-5-6-11(21-8-20-4)10(7-9)16(18)19/h5-7,12H,8H2,1-4H3. The summed E-state index contributed by atoms with van der Waals surface area (Å²) in [5.74, 6) is -0.452. The molecule has 0 N–H and O–H groups in total. The van der Waals surface area contributed by atoms with Gasteiger partial charge >= 0.3 is 11.7 Å². The van der Waals surface area contributed by atoms with Crippen LogP contribution in [0, 0.1) is 10.1 Å². The highest BCUT2D eigenvalue weighted by atomic mass is 79.9. The number of rotatable bonds is 6. The van der Waals surface area contributed by atoms with E-state index in [9.17, 15) is 14.9 Å². The van der Waals surface area contributed by atoms with E-state index < -0.39 is 21.3 Å². The minimum atomic E-state index is -0.804. The molecule has 0 aliphatic heterocycles. The lowest BCUT2D eigenvalue weighted by Gasteiger charge is -2.21. The number of halogens is 1. The minimum Gasteiger partial charge on any atom is -0.460 e. The summed E-state index contributed by atoms with van der Waals surface area (Å²) in [7, 11) is 1.41. The molecule has 0 radical (unpaired) electrons. The average Bonchev–Trinajstić information content (AvgIpc) is 2.42. The van der Waals surface area contributed by atoms with Gasteiger partial charge in [-0.25, -0.2) is 0 Å². The SMILES string of the molecule is COCOc1ccc(C(Br)C(=O)OC(C)(C)C)cc1[N+](=O)[O-]. The Morgan fingerprint density at radius 2 is 2.05 bits per heavy atom. The summed E-state index contributed by atoms with van der Waals surface area (Å²) < 4.78 is 15.1. The average molecular weight is 376 g/mol. The van der Waals surface area contributed by atoms with E-state index in [4.69, 9.17) is 14.2 Å². The Hall–Kier alpha value is -1.67. The smallest absolute Gasteiger partial charge is 0.324 e. The second kappa shape index (κ2) is 7.55. The number of ether oxygens (including phenoxy) is 3. The minimum absolute atomic E-state index is 0.0690. The molecule has 1 atom stereocenters. The monoisotopic (exact) mass is 375 g/mol. The van der Waals surface area contributed by atoms with E-state index in [1.54, 1.807) is 26.8 Å². The lowest BCUT2D eigenvalue weighted by molar-refractivity contribution is -0.386. The highest BCUT2D eigenvalue weighted by Crippen LogP contribution is 2.34. The molecule has 0 saturated heterocycles. The van der Waals surface area contributed by atoms with Gasteiger partial charge in [-0.2, -0.15) is 0 Å². The van der Waals surface area contributed by atoms with E-state index >= 15 is 0 Å². The van der Waals surface area contributed by atoms with Crippen LogP contribution in [0.5, 0.6) is 5.75 Å². The van der Waals surface area contributed by atoms with Gasteiger partial charge in [-0.1, -0.05) is 22.0 Å². The molecule has 7 nitrogen and oxygen atoms in total. The third-order valence-electron chi connectivity index (χ3n) is 2.42. The summed E-state index contributed by atoms with van der Waals surface area (Å²) in [6, 6.07) is 4.25. The topological polar surface area (TPSA) is 87.9 Å². The van der Waals surface area contributed by atoms with E-state index in [1.165, 1.54) is 19.2 Å². The van der Waals surface area contributed by atoms with Crippen LogP contribution in [0.1, 0.15) is 31.2 Å². The van der Waals surface area contributed by atoms with Gasteiger partial charge in [0.15, 0.2) is 12.5 Å². The summed E-state index contributed by atoms with van der Waals surface area (Å²) in [5, 5.41) is 11.1. The van der Waals surface area contributed by atoms with E-state index in [0.29, 0.717) is 5.56 Å². The summed E-state index contributed by atoms with van der Waals surface area (Å²) in [5.41, 5.74) is -0.482. The van der Waals surface area contributed by atoms with Gasteiger partial charge in [0.1, 0.15) is 10.4 Å². The Kier molecular flexibility index (Phi) is 6.31. The van der Waals surface area contributed by atoms with Crippen molar-refractivity contribution in [3.63, 3.8) is 0 Å². The zero-order valence-electron chi connectivity index (χ0n) is 12.8. The highest BCUT2D eigenvalue weighted by Gasteiger charge is 2.27. The number of esters is 1. The van der Waals surface area contributed by atoms with Crippen molar-refractivity contribution in [3.05, 3.63) is 33.9 Å². The molecule has 22 heavy (non-hydrogen) atoms. The highest BCUT2D eigenvalue weighted by molar-refractivity contribution is 9.09. The number of carbonyl (C=O) groups excluding carboxylic acids is 1. The largest absolute Gasteiger partial charge is 0.460 e. The fourth-order valence-corrected chi connectivity index (χ4v) is 1.95. The van der Waals surface area contributed by atoms with Crippen LogP contribution in [0.15, 0.2) is 18.2 Å². The van der Waals surface area contributed by atoms with Crippen LogP contribution in [0.2, 0.25) is 0 Å². The first-order valence-electron chi connectivity index (χ1n) is 6.42. The fraction of sp³-hybridized carbons (Fsp3) is 0.500. The third-order valence-corrected chi connectivity index (χ3v) is 3.32. The van der Waals surface area contributed by atoms with Crippen molar-refractivity contribution in [2.45, 2.75) is 31.2 Å². The molecule has 1 rings (SSSR count). The molecule has 0 spiro atoms. The Morgan fingerprint density at radius 3 is 2.55 bits per heavy atom. The van der Waals surface area contributed by atoms with Crippen molar-refractivity contribution in [1.82, 2.24) is 0 Å². The first kappa shape index (κ1) is 18.4. The maximum absolute atomic E-state index is 12.0. The zero-order chi connectivity index (χ0) is 16.9. The van der Waals surface area contributed by atoms with Gasteiger partial charge in [0.25, 0.3) is 0 Å². The van der Waals surface area contributed by atoms with Crippen molar-refractivity contribution < 1.29 is 23.9 Å². The van der Waals surface area contributed by atoms with E-state index in [2.05, 4.69) is 15.9 Å². The second-order valence-electron chi connectivity index (χ2n) is 5.43. The summed E-state index contributed by atoms with van der Waals surface area (Å²) in [4.78, 5) is 21.7. The van der Waals surface area contributed by atoms with Gasteiger partial charge in [-0.3, -0.25) is 14.9 Å². The van der Waals surface area contributed by atoms with E-state index in [1.807, 2.05) is 0 Å². The molecule has 0 saturated carbocycles. The molecule has 0 heterocycles. The number of carbonyl (C=O) groups is 1. The normalized spacial score (nSPS) is 12.6. The van der Waals surface area contributed by atoms with Crippen LogP contribution in [0.25, 0.3) is 0 Å². The number of nitro benzene ring substituents is 1. The van der Waals surface area contributed by atoms with Crippen LogP contribution >= 0.6 is 15.9 Å². The van der Waals surface area contributed by atoms with Gasteiger partial charge in [0, 0.05) is 13.2 Å². The Labute approximate surface area is 136 Å². The maximum atomic E-state index is 12.0. The van der Waals surface area contributed by atoms with Gasteiger partial charge in [-0.15, -0.1) is 0 Å². The number of hydrogen-bond acceptors (Lipinski definition) is 6. The molecule has 0 aliphatic carbocycles. The van der Waals surface area contributed by atoms with Crippen molar-refractivity contribution in [2.75, 3.05) is 13.9 Å². The lowest BCUT2D eigenvalue weighted by Crippen LogP contribution is -2.26. The molecule has 0 fully saturated rings. The third kappa shape index (κ3) is 5.27. The van der Waals surface area contributed by atoms with Gasteiger partial charge < -0.3 is 14.2 Å². The van der Waals surface area contributed by atoms with Crippen molar-refractivity contribution in [3.8, 4) is 5.75 Å². The lowest BCUT2D eigenvalue weighted by atomic mass is 10.1. The van der Waals surface area contributed by atoms with E-state index in [-0.39, 0.29) is 18.2 Å². The molecule has 122 valence electrons. The molecule has 1 aromatic carbocycles. The molecule has 0 aromatic heterocycles. The fourth-order valence-electron chi connectivity index (χ4n) is 1.57. The molecular formula is C14H18BrNO6. The summed E-state index contributed by atoms with van der Waals surface area (Å²) in [6.07, 6.45) is 0. The maximum Gasteiger partial charge on any atom is 0.324 e. The Balaban J connectivity index is 3.03. The predicted molar refractivity (Wildman–Crippen MR) is 83.1 cm³/mol. The molecule has 0 aliphatic rings. The Bertz CT molecular complexity index is 555. The molecule has 0 amide bonds. The first-order valence-corrected chi connectivity index (χ1v) is 7.34. The second-order valence-corrected chi connectivity index (χ2v) is 6.35. The number of hydrogen-bond donors (Lipinski definition) is 0. The summed E-state index contributed by atoms with van der Waals surface area (Å²) >= 11 is 3.20. The number of nitro groups is 1.